The van der Waals surface area contributed by atoms with Crippen LogP contribution in [0.4, 0.5) is 0 Å². The molecule has 1 atom stereocenters. The van der Waals surface area contributed by atoms with Crippen molar-refractivity contribution in [3.8, 4) is 0 Å². The molecule has 3 N–H and O–H groups in total. The number of carboxylic acids is 1. The lowest BCUT2D eigenvalue weighted by molar-refractivity contribution is 0.0700. The molecule has 0 aliphatic carbocycles. The van der Waals surface area contributed by atoms with Crippen LogP contribution in [-0.2, 0) is 12.1 Å². The molecule has 1 aromatic carbocycles. The quantitative estimate of drug-likeness (QED) is 0.764. The molecule has 0 aliphatic rings. The van der Waals surface area contributed by atoms with Gasteiger partial charge < -0.3 is 15.5 Å². The summed E-state index contributed by atoms with van der Waals surface area (Å²) in [7, 11) is 0. The van der Waals surface area contributed by atoms with E-state index in [1.165, 1.54) is 11.3 Å². The zero-order chi connectivity index (χ0) is 14.6. The molecule has 0 fully saturated rings. The summed E-state index contributed by atoms with van der Waals surface area (Å²) in [6.45, 7) is 2.23. The standard InChI is InChI=1S/C15H17NO3S/c1-15(10-17,12-5-3-2-4-6-12)16-9-11-7-8-20-13(11)14(18)19/h2-8,16-17H,9-10H2,1H3,(H,18,19). The number of aliphatic hydroxyl groups is 1. The molecule has 2 aromatic rings. The molecule has 0 spiro atoms. The Hall–Kier alpha value is -1.69. The number of aromatic carboxylic acids is 1. The van der Waals surface area contributed by atoms with Crippen molar-refractivity contribution in [1.29, 1.82) is 0 Å². The third-order valence-corrected chi connectivity index (χ3v) is 4.28. The molecule has 1 heterocycles. The van der Waals surface area contributed by atoms with Gasteiger partial charge in [-0.2, -0.15) is 0 Å². The van der Waals surface area contributed by atoms with Crippen molar-refractivity contribution in [1.82, 2.24) is 5.32 Å². The first-order valence-electron chi connectivity index (χ1n) is 6.28. The number of benzene rings is 1. The summed E-state index contributed by atoms with van der Waals surface area (Å²) in [6, 6.07) is 11.4. The lowest BCUT2D eigenvalue weighted by Crippen LogP contribution is -2.42. The van der Waals surface area contributed by atoms with Crippen molar-refractivity contribution in [2.24, 2.45) is 0 Å². The van der Waals surface area contributed by atoms with Crippen LogP contribution in [0.1, 0.15) is 27.7 Å². The van der Waals surface area contributed by atoms with Crippen molar-refractivity contribution >= 4 is 17.3 Å². The van der Waals surface area contributed by atoms with Crippen molar-refractivity contribution in [2.75, 3.05) is 6.61 Å². The monoisotopic (exact) mass is 291 g/mol. The van der Waals surface area contributed by atoms with Crippen molar-refractivity contribution in [2.45, 2.75) is 19.0 Å². The fourth-order valence-electron chi connectivity index (χ4n) is 2.01. The van der Waals surface area contributed by atoms with E-state index in [1.54, 1.807) is 11.4 Å². The normalized spacial score (nSPS) is 13.9. The average Bonchev–Trinajstić information content (AvgIpc) is 2.94. The molecule has 0 bridgehead atoms. The first kappa shape index (κ1) is 14.7. The van der Waals surface area contributed by atoms with E-state index >= 15 is 0 Å². The Morgan fingerprint density at radius 3 is 2.60 bits per heavy atom. The highest BCUT2D eigenvalue weighted by atomic mass is 32.1. The SMILES string of the molecule is CC(CO)(NCc1ccsc1C(=O)O)c1ccccc1. The van der Waals surface area contributed by atoms with Gasteiger partial charge >= 0.3 is 5.97 Å². The third-order valence-electron chi connectivity index (χ3n) is 3.34. The molecule has 1 unspecified atom stereocenters. The van der Waals surface area contributed by atoms with Crippen molar-refractivity contribution in [3.05, 3.63) is 57.8 Å². The Labute approximate surface area is 121 Å². The summed E-state index contributed by atoms with van der Waals surface area (Å²) in [5.74, 6) is -0.915. The largest absolute Gasteiger partial charge is 0.477 e. The third kappa shape index (κ3) is 3.07. The molecule has 1 aromatic heterocycles. The van der Waals surface area contributed by atoms with E-state index in [0.29, 0.717) is 11.4 Å². The van der Waals surface area contributed by atoms with E-state index in [2.05, 4.69) is 5.32 Å². The smallest absolute Gasteiger partial charge is 0.346 e. The van der Waals surface area contributed by atoms with Gasteiger partial charge in [0.1, 0.15) is 4.88 Å². The minimum Gasteiger partial charge on any atom is -0.477 e. The lowest BCUT2D eigenvalue weighted by Gasteiger charge is -2.29. The number of carbonyl (C=O) groups is 1. The Bertz CT molecular complexity index is 582. The molecule has 0 radical (unpaired) electrons. The Morgan fingerprint density at radius 2 is 2.00 bits per heavy atom. The second-order valence-corrected chi connectivity index (χ2v) is 5.71. The van der Waals surface area contributed by atoms with Gasteiger partial charge in [-0.25, -0.2) is 4.79 Å². The van der Waals surface area contributed by atoms with E-state index in [-0.39, 0.29) is 6.61 Å². The van der Waals surface area contributed by atoms with Gasteiger partial charge in [-0.1, -0.05) is 30.3 Å². The molecule has 0 saturated heterocycles. The van der Waals surface area contributed by atoms with Gasteiger partial charge in [0.15, 0.2) is 0 Å². The molecule has 0 amide bonds. The number of rotatable bonds is 6. The highest BCUT2D eigenvalue weighted by Crippen LogP contribution is 2.22. The van der Waals surface area contributed by atoms with Crippen LogP contribution in [0.5, 0.6) is 0 Å². The van der Waals surface area contributed by atoms with Crippen LogP contribution in [0.25, 0.3) is 0 Å². The molecular formula is C15H17NO3S. The van der Waals surface area contributed by atoms with Gasteiger partial charge in [-0.15, -0.1) is 11.3 Å². The van der Waals surface area contributed by atoms with E-state index in [4.69, 9.17) is 5.11 Å². The van der Waals surface area contributed by atoms with Crippen LogP contribution < -0.4 is 5.32 Å². The number of hydrogen-bond acceptors (Lipinski definition) is 4. The summed E-state index contributed by atoms with van der Waals surface area (Å²) in [5, 5.41) is 23.8. The number of thiophene rings is 1. The molecule has 106 valence electrons. The van der Waals surface area contributed by atoms with Crippen LogP contribution in [0, 0.1) is 0 Å². The fourth-order valence-corrected chi connectivity index (χ4v) is 2.77. The first-order valence-corrected chi connectivity index (χ1v) is 7.16. The maximum Gasteiger partial charge on any atom is 0.346 e. The van der Waals surface area contributed by atoms with Crippen LogP contribution >= 0.6 is 11.3 Å². The van der Waals surface area contributed by atoms with E-state index in [0.717, 1.165) is 11.1 Å². The highest BCUT2D eigenvalue weighted by Gasteiger charge is 2.25. The highest BCUT2D eigenvalue weighted by molar-refractivity contribution is 7.12. The maximum atomic E-state index is 11.1. The summed E-state index contributed by atoms with van der Waals surface area (Å²) < 4.78 is 0. The van der Waals surface area contributed by atoms with Gasteiger partial charge in [-0.05, 0) is 29.5 Å². The predicted octanol–water partition coefficient (Wildman–Crippen LogP) is 2.44. The fraction of sp³-hybridized carbons (Fsp3) is 0.267. The van der Waals surface area contributed by atoms with Gasteiger partial charge in [0.05, 0.1) is 12.1 Å². The first-order chi connectivity index (χ1) is 9.57. The van der Waals surface area contributed by atoms with E-state index < -0.39 is 11.5 Å². The van der Waals surface area contributed by atoms with Crippen LogP contribution in [-0.4, -0.2) is 22.8 Å². The maximum absolute atomic E-state index is 11.1. The van der Waals surface area contributed by atoms with Gasteiger partial charge in [0.25, 0.3) is 0 Å². The molecule has 2 rings (SSSR count). The lowest BCUT2D eigenvalue weighted by atomic mass is 9.92. The summed E-state index contributed by atoms with van der Waals surface area (Å²) >= 11 is 1.21. The summed E-state index contributed by atoms with van der Waals surface area (Å²) in [4.78, 5) is 11.4. The molecule has 20 heavy (non-hydrogen) atoms. The minimum absolute atomic E-state index is 0.0659. The van der Waals surface area contributed by atoms with Crippen LogP contribution in [0.15, 0.2) is 41.8 Å². The summed E-state index contributed by atoms with van der Waals surface area (Å²) in [5.41, 5.74) is 1.10. The van der Waals surface area contributed by atoms with E-state index in [9.17, 15) is 9.90 Å². The Morgan fingerprint density at radius 1 is 1.30 bits per heavy atom. The molecule has 4 nitrogen and oxygen atoms in total. The number of aliphatic hydroxyl groups excluding tert-OH is 1. The van der Waals surface area contributed by atoms with Gasteiger partial charge in [-0.3, -0.25) is 0 Å². The number of hydrogen-bond donors (Lipinski definition) is 3. The van der Waals surface area contributed by atoms with E-state index in [1.807, 2.05) is 37.3 Å². The van der Waals surface area contributed by atoms with Gasteiger partial charge in [0, 0.05) is 6.54 Å². The molecule has 5 heteroatoms. The van der Waals surface area contributed by atoms with Gasteiger partial charge in [0.2, 0.25) is 0 Å². The van der Waals surface area contributed by atoms with Crippen LogP contribution in [0.3, 0.4) is 0 Å². The van der Waals surface area contributed by atoms with Crippen molar-refractivity contribution in [3.63, 3.8) is 0 Å². The number of nitrogens with one attached hydrogen (secondary N) is 1. The topological polar surface area (TPSA) is 69.6 Å². The molecule has 0 saturated carbocycles. The molecular weight excluding hydrogens is 274 g/mol. The molecule has 0 aliphatic heterocycles. The predicted molar refractivity (Wildman–Crippen MR) is 79.0 cm³/mol. The number of carboxylic acid groups (broad SMARTS) is 1. The Kier molecular flexibility index (Phi) is 4.54. The minimum atomic E-state index is -0.915. The average molecular weight is 291 g/mol. The second kappa shape index (κ2) is 6.17. The van der Waals surface area contributed by atoms with Crippen molar-refractivity contribution < 1.29 is 15.0 Å². The summed E-state index contributed by atoms with van der Waals surface area (Å²) in [6.07, 6.45) is 0. The second-order valence-electron chi connectivity index (χ2n) is 4.79. The zero-order valence-electron chi connectivity index (χ0n) is 11.2. The van der Waals surface area contributed by atoms with Crippen LogP contribution in [0.2, 0.25) is 0 Å². The Balaban J connectivity index is 2.15. The zero-order valence-corrected chi connectivity index (χ0v) is 12.0.